The van der Waals surface area contributed by atoms with Crippen LogP contribution in [0.5, 0.6) is 5.75 Å². The van der Waals surface area contributed by atoms with E-state index in [1.54, 1.807) is 11.1 Å². The molecule has 5 aliphatic rings. The van der Waals surface area contributed by atoms with Crippen LogP contribution in [0.3, 0.4) is 0 Å². The van der Waals surface area contributed by atoms with Gasteiger partial charge in [0.1, 0.15) is 5.75 Å². The van der Waals surface area contributed by atoms with Gasteiger partial charge in [-0.25, -0.2) is 0 Å². The second-order valence-corrected chi connectivity index (χ2v) is 8.96. The van der Waals surface area contributed by atoms with Crippen molar-refractivity contribution >= 4 is 0 Å². The highest BCUT2D eigenvalue weighted by Crippen LogP contribution is 2.52. The van der Waals surface area contributed by atoms with Crippen molar-refractivity contribution in [3.8, 4) is 5.75 Å². The van der Waals surface area contributed by atoms with Gasteiger partial charge in [0.15, 0.2) is 0 Å². The van der Waals surface area contributed by atoms with E-state index < -0.39 is 0 Å². The van der Waals surface area contributed by atoms with Gasteiger partial charge in [0.05, 0.1) is 19.3 Å². The van der Waals surface area contributed by atoms with Gasteiger partial charge in [-0.15, -0.1) is 0 Å². The molecule has 2 aliphatic heterocycles. The van der Waals surface area contributed by atoms with Crippen molar-refractivity contribution < 1.29 is 9.47 Å². The van der Waals surface area contributed by atoms with Crippen molar-refractivity contribution in [1.29, 1.82) is 0 Å². The molecule has 0 N–H and O–H groups in total. The minimum atomic E-state index is 0.342. The van der Waals surface area contributed by atoms with E-state index in [1.165, 1.54) is 48.8 Å². The Morgan fingerprint density at radius 1 is 0.963 bits per heavy atom. The van der Waals surface area contributed by atoms with Gasteiger partial charge in [-0.1, -0.05) is 30.4 Å². The Kier molecular flexibility index (Phi) is 3.82. The lowest BCUT2D eigenvalue weighted by Crippen LogP contribution is -2.20. The highest BCUT2D eigenvalue weighted by Gasteiger charge is 2.47. The summed E-state index contributed by atoms with van der Waals surface area (Å²) in [6.45, 7) is 1.78. The first-order valence-corrected chi connectivity index (χ1v) is 10.8. The summed E-state index contributed by atoms with van der Waals surface area (Å²) in [4.78, 5) is 0. The zero-order valence-corrected chi connectivity index (χ0v) is 16.0. The van der Waals surface area contributed by atoms with Gasteiger partial charge >= 0.3 is 0 Å². The van der Waals surface area contributed by atoms with Crippen LogP contribution in [0.25, 0.3) is 0 Å². The molecule has 1 aromatic rings. The molecule has 0 radical (unpaired) electrons. The van der Waals surface area contributed by atoms with Crippen molar-refractivity contribution in [2.75, 3.05) is 13.2 Å². The standard InChI is InChI=1S/C25H28O2/c1-3-16-4-2-6-20(13-17(16)5-1)25-22-9-8-21(23(22)15-27-25)18-7-10-24-19(14-18)11-12-26-24/h2,4,7,10,13-14,21-23,25H,1,3,5-6,8-9,11-12,15H2. The summed E-state index contributed by atoms with van der Waals surface area (Å²) >= 11 is 0. The van der Waals surface area contributed by atoms with E-state index in [0.717, 1.165) is 31.8 Å². The largest absolute Gasteiger partial charge is 0.493 e. The monoisotopic (exact) mass is 360 g/mol. The van der Waals surface area contributed by atoms with E-state index in [-0.39, 0.29) is 0 Å². The van der Waals surface area contributed by atoms with Crippen LogP contribution in [0.4, 0.5) is 0 Å². The molecule has 2 nitrogen and oxygen atoms in total. The van der Waals surface area contributed by atoms with E-state index in [4.69, 9.17) is 9.47 Å². The van der Waals surface area contributed by atoms with Crippen molar-refractivity contribution in [2.24, 2.45) is 11.8 Å². The summed E-state index contributed by atoms with van der Waals surface area (Å²) in [5, 5.41) is 0. The highest BCUT2D eigenvalue weighted by molar-refractivity contribution is 5.44. The first-order valence-electron chi connectivity index (χ1n) is 10.8. The van der Waals surface area contributed by atoms with E-state index in [2.05, 4.69) is 36.4 Å². The fraction of sp³-hybridized carbons (Fsp3) is 0.520. The third-order valence-corrected chi connectivity index (χ3v) is 7.58. The molecule has 0 aromatic heterocycles. The fourth-order valence-electron chi connectivity index (χ4n) is 6.25. The number of hydrogen-bond donors (Lipinski definition) is 0. The van der Waals surface area contributed by atoms with E-state index in [0.29, 0.717) is 23.9 Å². The molecule has 6 rings (SSSR count). The van der Waals surface area contributed by atoms with Crippen LogP contribution in [0.1, 0.15) is 55.6 Å². The van der Waals surface area contributed by atoms with Crippen LogP contribution in [0.2, 0.25) is 0 Å². The zero-order valence-electron chi connectivity index (χ0n) is 16.0. The number of fused-ring (bicyclic) bond motifs is 2. The minimum absolute atomic E-state index is 0.342. The molecule has 1 saturated heterocycles. The van der Waals surface area contributed by atoms with Crippen LogP contribution in [0, 0.1) is 11.8 Å². The Balaban J connectivity index is 1.25. The lowest BCUT2D eigenvalue weighted by molar-refractivity contribution is 0.109. The van der Waals surface area contributed by atoms with Crippen LogP contribution < -0.4 is 4.74 Å². The maximum Gasteiger partial charge on any atom is 0.122 e. The van der Waals surface area contributed by atoms with E-state index in [9.17, 15) is 0 Å². The Morgan fingerprint density at radius 2 is 1.93 bits per heavy atom. The molecule has 0 bridgehead atoms. The number of allylic oxidation sites excluding steroid dienone is 5. The van der Waals surface area contributed by atoms with Gasteiger partial charge in [0, 0.05) is 6.42 Å². The number of ether oxygens (including phenoxy) is 2. The van der Waals surface area contributed by atoms with Gasteiger partial charge in [-0.2, -0.15) is 0 Å². The third-order valence-electron chi connectivity index (χ3n) is 7.58. The van der Waals surface area contributed by atoms with Crippen molar-refractivity contribution in [3.05, 3.63) is 64.3 Å². The fourth-order valence-corrected chi connectivity index (χ4v) is 6.25. The molecule has 0 amide bonds. The van der Waals surface area contributed by atoms with Gasteiger partial charge < -0.3 is 9.47 Å². The average Bonchev–Trinajstić information content (AvgIpc) is 3.44. The molecule has 2 heteroatoms. The van der Waals surface area contributed by atoms with E-state index in [1.807, 2.05) is 0 Å². The summed E-state index contributed by atoms with van der Waals surface area (Å²) in [6.07, 6.45) is 16.2. The lowest BCUT2D eigenvalue weighted by atomic mass is 9.82. The topological polar surface area (TPSA) is 18.5 Å². The molecule has 2 heterocycles. The molecule has 140 valence electrons. The molecule has 1 aromatic carbocycles. The molecule has 3 aliphatic carbocycles. The maximum atomic E-state index is 6.46. The molecular weight excluding hydrogens is 332 g/mol. The molecule has 2 fully saturated rings. The van der Waals surface area contributed by atoms with Gasteiger partial charge in [-0.3, -0.25) is 0 Å². The quantitative estimate of drug-likeness (QED) is 0.693. The second kappa shape index (κ2) is 6.38. The summed E-state index contributed by atoms with van der Waals surface area (Å²) in [6, 6.07) is 6.94. The Morgan fingerprint density at radius 3 is 2.93 bits per heavy atom. The van der Waals surface area contributed by atoms with Crippen LogP contribution in [-0.2, 0) is 11.2 Å². The molecule has 0 spiro atoms. The lowest BCUT2D eigenvalue weighted by Gasteiger charge is -2.21. The van der Waals surface area contributed by atoms with Crippen molar-refractivity contribution in [1.82, 2.24) is 0 Å². The van der Waals surface area contributed by atoms with E-state index >= 15 is 0 Å². The maximum absolute atomic E-state index is 6.46. The van der Waals surface area contributed by atoms with Crippen LogP contribution in [-0.4, -0.2) is 19.3 Å². The van der Waals surface area contributed by atoms with Gasteiger partial charge in [0.25, 0.3) is 0 Å². The first-order chi connectivity index (χ1) is 13.4. The number of hydrogen-bond acceptors (Lipinski definition) is 2. The summed E-state index contributed by atoms with van der Waals surface area (Å²) in [5.74, 6) is 3.14. The molecule has 1 saturated carbocycles. The van der Waals surface area contributed by atoms with Gasteiger partial charge in [0.2, 0.25) is 0 Å². The highest BCUT2D eigenvalue weighted by atomic mass is 16.5. The predicted molar refractivity (Wildman–Crippen MR) is 107 cm³/mol. The Labute approximate surface area is 161 Å². The SMILES string of the molecule is C1=CC2=C(C=C(C3OCC4C(c5ccc6c(c5)CCO6)CCC34)C1)CCC2. The van der Waals surface area contributed by atoms with Crippen LogP contribution >= 0.6 is 0 Å². The zero-order chi connectivity index (χ0) is 17.8. The van der Waals surface area contributed by atoms with Gasteiger partial charge in [-0.05, 0) is 90.2 Å². The smallest absolute Gasteiger partial charge is 0.122 e. The van der Waals surface area contributed by atoms with Crippen molar-refractivity contribution in [3.63, 3.8) is 0 Å². The Bertz CT molecular complexity index is 859. The third kappa shape index (κ3) is 2.64. The normalized spacial score (nSPS) is 34.1. The summed E-state index contributed by atoms with van der Waals surface area (Å²) in [7, 11) is 0. The molecule has 4 atom stereocenters. The number of benzene rings is 1. The first kappa shape index (κ1) is 16.2. The van der Waals surface area contributed by atoms with Crippen LogP contribution in [0.15, 0.2) is 53.1 Å². The van der Waals surface area contributed by atoms with Crippen molar-refractivity contribution in [2.45, 2.75) is 57.0 Å². The predicted octanol–water partition coefficient (Wildman–Crippen LogP) is 5.50. The Hall–Kier alpha value is -1.80. The minimum Gasteiger partial charge on any atom is -0.493 e. The molecule has 4 unspecified atom stereocenters. The average molecular weight is 360 g/mol. The molecule has 27 heavy (non-hydrogen) atoms. The second-order valence-electron chi connectivity index (χ2n) is 8.96. The summed E-state index contributed by atoms with van der Waals surface area (Å²) < 4.78 is 12.2. The molecular formula is C25H28O2. The summed E-state index contributed by atoms with van der Waals surface area (Å²) in [5.41, 5.74) is 7.62. The number of rotatable bonds is 2.